The van der Waals surface area contributed by atoms with Gasteiger partial charge in [0.25, 0.3) is 0 Å². The van der Waals surface area contributed by atoms with Crippen molar-refractivity contribution >= 4 is 10.8 Å². The van der Waals surface area contributed by atoms with Crippen LogP contribution >= 0.6 is 0 Å². The van der Waals surface area contributed by atoms with E-state index in [4.69, 9.17) is 0 Å². The molecule has 3 rings (SSSR count). The summed E-state index contributed by atoms with van der Waals surface area (Å²) < 4.78 is 0. The number of hydrogen-bond donors (Lipinski definition) is 0. The molecular formula is C19H25N. The Balaban J connectivity index is 1.98. The summed E-state index contributed by atoms with van der Waals surface area (Å²) in [7, 11) is 4.32. The number of nitrogens with zero attached hydrogens (tertiary/aromatic N) is 1. The van der Waals surface area contributed by atoms with Gasteiger partial charge in [-0.05, 0) is 86.6 Å². The third-order valence-corrected chi connectivity index (χ3v) is 4.51. The first kappa shape index (κ1) is 13.6. The third kappa shape index (κ3) is 2.73. The second kappa shape index (κ2) is 5.97. The van der Waals surface area contributed by atoms with E-state index in [-0.39, 0.29) is 0 Å². The molecule has 0 saturated carbocycles. The molecule has 0 heterocycles. The Morgan fingerprint density at radius 2 is 1.75 bits per heavy atom. The van der Waals surface area contributed by atoms with Gasteiger partial charge in [-0.15, -0.1) is 0 Å². The van der Waals surface area contributed by atoms with Crippen molar-refractivity contribution in [3.05, 3.63) is 47.0 Å². The first-order valence-corrected chi connectivity index (χ1v) is 7.93. The van der Waals surface area contributed by atoms with E-state index in [1.807, 2.05) is 0 Å². The largest absolute Gasteiger partial charge is 0.309 e. The van der Waals surface area contributed by atoms with Crippen molar-refractivity contribution in [2.75, 3.05) is 20.6 Å². The minimum Gasteiger partial charge on any atom is -0.309 e. The van der Waals surface area contributed by atoms with Crippen molar-refractivity contribution in [2.24, 2.45) is 0 Å². The molecule has 1 aliphatic carbocycles. The lowest BCUT2D eigenvalue weighted by atomic mass is 9.85. The standard InChI is InChI=1S/C19H25N/c1-20(2)13-7-9-16-14-15-8-3-4-10-17(15)19-12-6-5-11-18(16)19/h5-6,11-12,14H,3-4,7-10,13H2,1-2H3. The first-order valence-electron chi connectivity index (χ1n) is 7.93. The van der Waals surface area contributed by atoms with Gasteiger partial charge in [0.05, 0.1) is 0 Å². The highest BCUT2D eigenvalue weighted by Crippen LogP contribution is 2.32. The second-order valence-corrected chi connectivity index (χ2v) is 6.33. The lowest BCUT2D eigenvalue weighted by molar-refractivity contribution is 0.400. The van der Waals surface area contributed by atoms with Crippen molar-refractivity contribution < 1.29 is 0 Å². The summed E-state index contributed by atoms with van der Waals surface area (Å²) in [5.74, 6) is 0. The molecule has 2 aromatic carbocycles. The van der Waals surface area contributed by atoms with E-state index in [2.05, 4.69) is 49.3 Å². The van der Waals surface area contributed by atoms with Crippen molar-refractivity contribution in [1.29, 1.82) is 0 Å². The van der Waals surface area contributed by atoms with E-state index < -0.39 is 0 Å². The molecule has 0 N–H and O–H groups in total. The Morgan fingerprint density at radius 3 is 2.55 bits per heavy atom. The molecule has 0 aliphatic heterocycles. The highest BCUT2D eigenvalue weighted by atomic mass is 15.0. The number of aryl methyl sites for hydroxylation is 3. The van der Waals surface area contributed by atoms with Crippen molar-refractivity contribution in [3.8, 4) is 0 Å². The van der Waals surface area contributed by atoms with Gasteiger partial charge in [0.1, 0.15) is 0 Å². The molecule has 1 aliphatic rings. The molecular weight excluding hydrogens is 242 g/mol. The van der Waals surface area contributed by atoms with Crippen LogP contribution in [0.3, 0.4) is 0 Å². The quantitative estimate of drug-likeness (QED) is 0.802. The Hall–Kier alpha value is -1.34. The summed E-state index contributed by atoms with van der Waals surface area (Å²) in [6.45, 7) is 1.17. The summed E-state index contributed by atoms with van der Waals surface area (Å²) >= 11 is 0. The predicted octanol–water partition coefficient (Wildman–Crippen LogP) is 4.21. The molecule has 0 amide bonds. The van der Waals surface area contributed by atoms with Crippen LogP contribution in [0.5, 0.6) is 0 Å². The molecule has 0 atom stereocenters. The molecule has 2 aromatic rings. The zero-order valence-corrected chi connectivity index (χ0v) is 12.8. The van der Waals surface area contributed by atoms with E-state index in [1.165, 1.54) is 55.8 Å². The Labute approximate surface area is 122 Å². The Kier molecular flexibility index (Phi) is 4.07. The highest BCUT2D eigenvalue weighted by molar-refractivity contribution is 5.90. The molecule has 1 heteroatoms. The van der Waals surface area contributed by atoms with Crippen LogP contribution in [0.1, 0.15) is 36.0 Å². The number of rotatable bonds is 4. The summed E-state index contributed by atoms with van der Waals surface area (Å²) in [6.07, 6.45) is 7.72. The van der Waals surface area contributed by atoms with Gasteiger partial charge in [-0.2, -0.15) is 0 Å². The van der Waals surface area contributed by atoms with Crippen molar-refractivity contribution in [2.45, 2.75) is 38.5 Å². The third-order valence-electron chi connectivity index (χ3n) is 4.51. The molecule has 0 saturated heterocycles. The number of fused-ring (bicyclic) bond motifs is 3. The molecule has 0 aromatic heterocycles. The van der Waals surface area contributed by atoms with Crippen LogP contribution in [0.15, 0.2) is 30.3 Å². The predicted molar refractivity (Wildman–Crippen MR) is 87.5 cm³/mol. The molecule has 0 bridgehead atoms. The Morgan fingerprint density at radius 1 is 1.00 bits per heavy atom. The van der Waals surface area contributed by atoms with Gasteiger partial charge in [0.15, 0.2) is 0 Å². The fourth-order valence-electron chi connectivity index (χ4n) is 3.50. The Bertz CT molecular complexity index is 598. The van der Waals surface area contributed by atoms with Crippen molar-refractivity contribution in [1.82, 2.24) is 4.90 Å². The summed E-state index contributed by atoms with van der Waals surface area (Å²) in [4.78, 5) is 2.28. The van der Waals surface area contributed by atoms with E-state index in [9.17, 15) is 0 Å². The average Bonchev–Trinajstić information content (AvgIpc) is 2.47. The second-order valence-electron chi connectivity index (χ2n) is 6.33. The van der Waals surface area contributed by atoms with Gasteiger partial charge in [-0.1, -0.05) is 30.3 Å². The van der Waals surface area contributed by atoms with Crippen LogP contribution in [0.25, 0.3) is 10.8 Å². The maximum absolute atomic E-state index is 2.51. The van der Waals surface area contributed by atoms with Gasteiger partial charge in [0.2, 0.25) is 0 Å². The molecule has 20 heavy (non-hydrogen) atoms. The number of benzene rings is 2. The topological polar surface area (TPSA) is 3.24 Å². The normalized spacial score (nSPS) is 14.8. The van der Waals surface area contributed by atoms with Crippen molar-refractivity contribution in [3.63, 3.8) is 0 Å². The zero-order valence-electron chi connectivity index (χ0n) is 12.8. The molecule has 1 nitrogen and oxygen atoms in total. The van der Waals surface area contributed by atoms with Crippen LogP contribution < -0.4 is 0 Å². The maximum atomic E-state index is 2.51. The van der Waals surface area contributed by atoms with E-state index in [1.54, 1.807) is 16.7 Å². The van der Waals surface area contributed by atoms with Crippen LogP contribution in [-0.2, 0) is 19.3 Å². The lowest BCUT2D eigenvalue weighted by Crippen LogP contribution is -2.13. The fourth-order valence-corrected chi connectivity index (χ4v) is 3.50. The van der Waals surface area contributed by atoms with E-state index in [0.29, 0.717) is 0 Å². The minimum atomic E-state index is 1.17. The van der Waals surface area contributed by atoms with E-state index >= 15 is 0 Å². The first-order chi connectivity index (χ1) is 9.75. The average molecular weight is 267 g/mol. The van der Waals surface area contributed by atoms with Gasteiger partial charge in [-0.3, -0.25) is 0 Å². The minimum absolute atomic E-state index is 1.17. The van der Waals surface area contributed by atoms with Gasteiger partial charge >= 0.3 is 0 Å². The molecule has 0 radical (unpaired) electrons. The molecule has 0 fully saturated rings. The smallest absolute Gasteiger partial charge is 0.00217 e. The highest BCUT2D eigenvalue weighted by Gasteiger charge is 2.14. The monoisotopic (exact) mass is 267 g/mol. The summed E-state index contributed by atoms with van der Waals surface area (Å²) in [5.41, 5.74) is 4.81. The van der Waals surface area contributed by atoms with Crippen LogP contribution in [0.2, 0.25) is 0 Å². The van der Waals surface area contributed by atoms with Crippen LogP contribution in [0.4, 0.5) is 0 Å². The molecule has 106 valence electrons. The maximum Gasteiger partial charge on any atom is -0.00217 e. The lowest BCUT2D eigenvalue weighted by Gasteiger charge is -2.21. The van der Waals surface area contributed by atoms with E-state index in [0.717, 1.165) is 0 Å². The fraction of sp³-hybridized carbons (Fsp3) is 0.474. The van der Waals surface area contributed by atoms with Gasteiger partial charge in [-0.25, -0.2) is 0 Å². The van der Waals surface area contributed by atoms with Gasteiger partial charge in [0, 0.05) is 0 Å². The SMILES string of the molecule is CN(C)CCCc1cc2c(c3ccccc13)CCCC2. The zero-order chi connectivity index (χ0) is 13.9. The number of hydrogen-bond acceptors (Lipinski definition) is 1. The molecule has 0 unspecified atom stereocenters. The summed E-state index contributed by atoms with van der Waals surface area (Å²) in [5, 5.41) is 3.01. The van der Waals surface area contributed by atoms with Crippen LogP contribution in [0, 0.1) is 0 Å². The van der Waals surface area contributed by atoms with Crippen LogP contribution in [-0.4, -0.2) is 25.5 Å². The molecule has 0 spiro atoms. The van der Waals surface area contributed by atoms with Gasteiger partial charge < -0.3 is 4.90 Å². The summed E-state index contributed by atoms with van der Waals surface area (Å²) in [6, 6.07) is 11.5.